The lowest BCUT2D eigenvalue weighted by atomic mass is 9.88. The summed E-state index contributed by atoms with van der Waals surface area (Å²) in [6.45, 7) is 3.13. The van der Waals surface area contributed by atoms with Gasteiger partial charge in [-0.05, 0) is 50.2 Å². The van der Waals surface area contributed by atoms with Crippen molar-refractivity contribution in [3.8, 4) is 0 Å². The Balaban J connectivity index is 1.29. The Morgan fingerprint density at radius 1 is 1.19 bits per heavy atom. The lowest BCUT2D eigenvalue weighted by Crippen LogP contribution is -2.55. The van der Waals surface area contributed by atoms with Crippen molar-refractivity contribution in [3.63, 3.8) is 0 Å². The van der Waals surface area contributed by atoms with Crippen LogP contribution in [0.2, 0.25) is 0 Å². The third-order valence-corrected chi connectivity index (χ3v) is 5.24. The highest BCUT2D eigenvalue weighted by Gasteiger charge is 2.32. The van der Waals surface area contributed by atoms with Gasteiger partial charge in [-0.15, -0.1) is 5.10 Å². The molecule has 3 aliphatic rings. The first-order valence-corrected chi connectivity index (χ1v) is 8.31. The van der Waals surface area contributed by atoms with Crippen molar-refractivity contribution < 1.29 is 5.11 Å². The fraction of sp³-hybridized carbons (Fsp3) is 0.750. The van der Waals surface area contributed by atoms with E-state index in [9.17, 15) is 5.11 Å². The molecule has 0 amide bonds. The molecular formula is C16H24N4O. The summed E-state index contributed by atoms with van der Waals surface area (Å²) < 4.78 is 0. The van der Waals surface area contributed by atoms with Crippen LogP contribution in [0, 0.1) is 5.92 Å². The minimum absolute atomic E-state index is 0.118. The molecule has 1 aliphatic heterocycles. The van der Waals surface area contributed by atoms with Gasteiger partial charge in [0.25, 0.3) is 0 Å². The van der Waals surface area contributed by atoms with E-state index in [1.165, 1.54) is 24.1 Å². The summed E-state index contributed by atoms with van der Waals surface area (Å²) in [4.78, 5) is 2.32. The largest absolute Gasteiger partial charge is 0.392 e. The van der Waals surface area contributed by atoms with Crippen LogP contribution in [0.15, 0.2) is 6.07 Å². The molecule has 2 aliphatic carbocycles. The SMILES string of the molecule is OC1CCC1NCC1CN(c2cc3c(nn2)CCCC3)C1. The van der Waals surface area contributed by atoms with Crippen LogP contribution >= 0.6 is 0 Å². The maximum absolute atomic E-state index is 9.56. The van der Waals surface area contributed by atoms with Crippen molar-refractivity contribution in [3.05, 3.63) is 17.3 Å². The molecule has 0 spiro atoms. The molecule has 4 rings (SSSR count). The van der Waals surface area contributed by atoms with Crippen molar-refractivity contribution in [1.82, 2.24) is 15.5 Å². The first-order chi connectivity index (χ1) is 10.3. The molecular weight excluding hydrogens is 264 g/mol. The Labute approximate surface area is 125 Å². The summed E-state index contributed by atoms with van der Waals surface area (Å²) in [5.74, 6) is 1.73. The molecule has 1 aromatic heterocycles. The molecule has 2 heterocycles. The molecule has 0 bridgehead atoms. The van der Waals surface area contributed by atoms with Gasteiger partial charge in [0.1, 0.15) is 0 Å². The Bertz CT molecular complexity index is 515. The van der Waals surface area contributed by atoms with E-state index in [-0.39, 0.29) is 6.10 Å². The van der Waals surface area contributed by atoms with E-state index in [0.717, 1.165) is 51.1 Å². The number of rotatable bonds is 4. The van der Waals surface area contributed by atoms with Gasteiger partial charge in [0.2, 0.25) is 0 Å². The number of nitrogens with one attached hydrogen (secondary N) is 1. The van der Waals surface area contributed by atoms with Crippen LogP contribution in [0.1, 0.15) is 36.9 Å². The normalized spacial score (nSPS) is 28.7. The van der Waals surface area contributed by atoms with Crippen LogP contribution in [0.5, 0.6) is 0 Å². The number of hydrogen-bond acceptors (Lipinski definition) is 5. The standard InChI is InChI=1S/C16H24N4O/c21-15-6-5-14(15)17-8-11-9-20(10-11)16-7-12-3-1-2-4-13(12)18-19-16/h7,11,14-15,17,21H,1-6,8-10H2. The average Bonchev–Trinajstić information content (AvgIpc) is 2.47. The highest BCUT2D eigenvalue weighted by molar-refractivity contribution is 5.44. The van der Waals surface area contributed by atoms with Crippen LogP contribution in [0.25, 0.3) is 0 Å². The Hall–Kier alpha value is -1.20. The third-order valence-electron chi connectivity index (χ3n) is 5.24. The fourth-order valence-corrected chi connectivity index (χ4v) is 3.56. The Morgan fingerprint density at radius 2 is 2.05 bits per heavy atom. The number of aryl methyl sites for hydroxylation is 2. The number of aromatic nitrogens is 2. The lowest BCUT2D eigenvalue weighted by molar-refractivity contribution is 0.0474. The quantitative estimate of drug-likeness (QED) is 0.862. The first-order valence-electron chi connectivity index (χ1n) is 8.31. The lowest BCUT2D eigenvalue weighted by Gasteiger charge is -2.42. The topological polar surface area (TPSA) is 61.3 Å². The van der Waals surface area contributed by atoms with Gasteiger partial charge < -0.3 is 15.3 Å². The van der Waals surface area contributed by atoms with Gasteiger partial charge >= 0.3 is 0 Å². The maximum Gasteiger partial charge on any atom is 0.151 e. The zero-order chi connectivity index (χ0) is 14.2. The minimum atomic E-state index is -0.118. The van der Waals surface area contributed by atoms with Crippen LogP contribution in [0.3, 0.4) is 0 Å². The molecule has 0 radical (unpaired) electrons. The van der Waals surface area contributed by atoms with E-state index < -0.39 is 0 Å². The van der Waals surface area contributed by atoms with Gasteiger partial charge in [-0.25, -0.2) is 0 Å². The highest BCUT2D eigenvalue weighted by Crippen LogP contribution is 2.27. The number of aliphatic hydroxyl groups is 1. The number of fused-ring (bicyclic) bond motifs is 1. The molecule has 2 N–H and O–H groups in total. The van der Waals surface area contributed by atoms with Gasteiger partial charge in [-0.3, -0.25) is 0 Å². The number of hydrogen-bond donors (Lipinski definition) is 2. The van der Waals surface area contributed by atoms with Crippen LogP contribution in [0.4, 0.5) is 5.82 Å². The summed E-state index contributed by atoms with van der Waals surface area (Å²) in [5.41, 5.74) is 2.62. The van der Waals surface area contributed by atoms with Crippen molar-refractivity contribution in [1.29, 1.82) is 0 Å². The summed E-state index contributed by atoms with van der Waals surface area (Å²) in [6.07, 6.45) is 6.76. The molecule has 0 aromatic carbocycles. The van der Waals surface area contributed by atoms with Crippen molar-refractivity contribution >= 4 is 5.82 Å². The molecule has 5 heteroatoms. The van der Waals surface area contributed by atoms with Gasteiger partial charge in [0.05, 0.1) is 11.8 Å². The van der Waals surface area contributed by atoms with E-state index >= 15 is 0 Å². The van der Waals surface area contributed by atoms with E-state index in [2.05, 4.69) is 26.5 Å². The average molecular weight is 288 g/mol. The highest BCUT2D eigenvalue weighted by atomic mass is 16.3. The predicted octanol–water partition coefficient (Wildman–Crippen LogP) is 0.904. The monoisotopic (exact) mass is 288 g/mol. The Morgan fingerprint density at radius 3 is 2.81 bits per heavy atom. The molecule has 2 unspecified atom stereocenters. The molecule has 114 valence electrons. The number of aliphatic hydroxyl groups excluding tert-OH is 1. The van der Waals surface area contributed by atoms with E-state index in [1.807, 2.05) is 0 Å². The van der Waals surface area contributed by atoms with Crippen molar-refractivity contribution in [2.24, 2.45) is 5.92 Å². The molecule has 1 saturated heterocycles. The van der Waals surface area contributed by atoms with Gasteiger partial charge in [0, 0.05) is 31.6 Å². The molecule has 5 nitrogen and oxygen atoms in total. The fourth-order valence-electron chi connectivity index (χ4n) is 3.56. The van der Waals surface area contributed by atoms with Crippen LogP contribution < -0.4 is 10.2 Å². The second-order valence-electron chi connectivity index (χ2n) is 6.81. The third kappa shape index (κ3) is 2.64. The van der Waals surface area contributed by atoms with Crippen molar-refractivity contribution in [2.45, 2.75) is 50.7 Å². The maximum atomic E-state index is 9.56. The van der Waals surface area contributed by atoms with Crippen LogP contribution in [-0.4, -0.2) is 47.1 Å². The van der Waals surface area contributed by atoms with E-state index in [1.54, 1.807) is 0 Å². The number of nitrogens with zero attached hydrogens (tertiary/aromatic N) is 3. The zero-order valence-electron chi connectivity index (χ0n) is 12.5. The summed E-state index contributed by atoms with van der Waals surface area (Å²) >= 11 is 0. The van der Waals surface area contributed by atoms with Gasteiger partial charge in [-0.1, -0.05) is 0 Å². The summed E-state index contributed by atoms with van der Waals surface area (Å²) in [7, 11) is 0. The van der Waals surface area contributed by atoms with Gasteiger partial charge in [0.15, 0.2) is 5.82 Å². The summed E-state index contributed by atoms with van der Waals surface area (Å²) in [6, 6.07) is 2.59. The van der Waals surface area contributed by atoms with Gasteiger partial charge in [-0.2, -0.15) is 5.10 Å². The van der Waals surface area contributed by atoms with E-state index in [0.29, 0.717) is 12.0 Å². The number of anilines is 1. The van der Waals surface area contributed by atoms with Crippen LogP contribution in [-0.2, 0) is 12.8 Å². The first kappa shape index (κ1) is 13.5. The second-order valence-corrected chi connectivity index (χ2v) is 6.81. The van der Waals surface area contributed by atoms with E-state index in [4.69, 9.17) is 0 Å². The minimum Gasteiger partial charge on any atom is -0.392 e. The molecule has 21 heavy (non-hydrogen) atoms. The predicted molar refractivity (Wildman–Crippen MR) is 81.4 cm³/mol. The smallest absolute Gasteiger partial charge is 0.151 e. The summed E-state index contributed by atoms with van der Waals surface area (Å²) in [5, 5.41) is 21.9. The second kappa shape index (κ2) is 5.54. The Kier molecular flexibility index (Phi) is 3.55. The molecule has 1 saturated carbocycles. The van der Waals surface area contributed by atoms with Crippen molar-refractivity contribution in [2.75, 3.05) is 24.5 Å². The molecule has 2 fully saturated rings. The molecule has 1 aromatic rings. The molecule has 2 atom stereocenters. The zero-order valence-corrected chi connectivity index (χ0v) is 12.5.